The molecule has 3 aromatic rings. The van der Waals surface area contributed by atoms with Gasteiger partial charge >= 0.3 is 0 Å². The highest BCUT2D eigenvalue weighted by Crippen LogP contribution is 2.16. The van der Waals surface area contributed by atoms with E-state index in [1.807, 2.05) is 35.1 Å². The van der Waals surface area contributed by atoms with Crippen LogP contribution in [0.25, 0.3) is 10.9 Å². The van der Waals surface area contributed by atoms with Gasteiger partial charge in [-0.3, -0.25) is 4.68 Å². The smallest absolute Gasteiger partial charge is 0.118 e. The van der Waals surface area contributed by atoms with Gasteiger partial charge in [-0.1, -0.05) is 30.3 Å². The van der Waals surface area contributed by atoms with Crippen molar-refractivity contribution in [3.63, 3.8) is 0 Å². The lowest BCUT2D eigenvalue weighted by molar-refractivity contribution is 0.414. The molecule has 0 atom stereocenters. The van der Waals surface area contributed by atoms with E-state index >= 15 is 0 Å². The Morgan fingerprint density at radius 1 is 1.06 bits per heavy atom. The number of hydrogen-bond donors (Lipinski definition) is 0. The molecule has 1 heterocycles. The van der Waals surface area contributed by atoms with Crippen LogP contribution in [-0.4, -0.2) is 16.9 Å². The van der Waals surface area contributed by atoms with Crippen molar-refractivity contribution in [2.24, 2.45) is 0 Å². The van der Waals surface area contributed by atoms with Crippen molar-refractivity contribution in [3.05, 3.63) is 60.3 Å². The van der Waals surface area contributed by atoms with Crippen LogP contribution in [0.2, 0.25) is 0 Å². The van der Waals surface area contributed by atoms with Gasteiger partial charge in [-0.25, -0.2) is 0 Å². The third-order valence-corrected chi connectivity index (χ3v) is 3.04. The number of fused-ring (bicyclic) bond motifs is 1. The van der Waals surface area contributed by atoms with Gasteiger partial charge in [0.2, 0.25) is 0 Å². The van der Waals surface area contributed by atoms with Gasteiger partial charge in [0.15, 0.2) is 0 Å². The molecule has 0 fully saturated rings. The first-order valence-corrected chi connectivity index (χ1v) is 5.90. The lowest BCUT2D eigenvalue weighted by atomic mass is 10.2. The lowest BCUT2D eigenvalue weighted by Crippen LogP contribution is -2.01. The molecule has 0 aliphatic heterocycles. The molecule has 3 nitrogen and oxygen atoms in total. The summed E-state index contributed by atoms with van der Waals surface area (Å²) in [5, 5.41) is 5.59. The van der Waals surface area contributed by atoms with Gasteiger partial charge in [0.05, 0.1) is 25.4 Å². The second-order valence-electron chi connectivity index (χ2n) is 4.21. The molecule has 0 saturated carbocycles. The zero-order valence-corrected chi connectivity index (χ0v) is 10.2. The van der Waals surface area contributed by atoms with Gasteiger partial charge in [-0.15, -0.1) is 0 Å². The van der Waals surface area contributed by atoms with Crippen LogP contribution in [0.4, 0.5) is 0 Å². The summed E-state index contributed by atoms with van der Waals surface area (Å²) in [6.45, 7) is 0.775. The highest BCUT2D eigenvalue weighted by Gasteiger charge is 2.02. The summed E-state index contributed by atoms with van der Waals surface area (Å²) in [7, 11) is 1.68. The molecular weight excluding hydrogens is 224 g/mol. The first-order chi connectivity index (χ1) is 8.86. The van der Waals surface area contributed by atoms with E-state index in [9.17, 15) is 0 Å². The number of nitrogens with zero attached hydrogens (tertiary/aromatic N) is 2. The molecule has 0 amide bonds. The Balaban J connectivity index is 1.91. The number of ether oxygens (including phenoxy) is 1. The first-order valence-electron chi connectivity index (χ1n) is 5.90. The van der Waals surface area contributed by atoms with Gasteiger partial charge in [0.25, 0.3) is 0 Å². The maximum atomic E-state index is 5.15. The zero-order valence-electron chi connectivity index (χ0n) is 10.2. The summed E-state index contributed by atoms with van der Waals surface area (Å²) < 4.78 is 7.16. The molecule has 90 valence electrons. The SMILES string of the molecule is COc1ccc(Cn2ncc3ccccc32)cc1. The monoisotopic (exact) mass is 238 g/mol. The van der Waals surface area contributed by atoms with Crippen molar-refractivity contribution >= 4 is 10.9 Å². The largest absolute Gasteiger partial charge is 0.497 e. The summed E-state index contributed by atoms with van der Waals surface area (Å²) in [6, 6.07) is 16.3. The van der Waals surface area contributed by atoms with E-state index in [0.29, 0.717) is 0 Å². The molecule has 0 radical (unpaired) electrons. The molecule has 2 aromatic carbocycles. The average Bonchev–Trinajstić information content (AvgIpc) is 2.83. The fraction of sp³-hybridized carbons (Fsp3) is 0.133. The minimum Gasteiger partial charge on any atom is -0.497 e. The molecule has 0 saturated heterocycles. The minimum atomic E-state index is 0.775. The van der Waals surface area contributed by atoms with Crippen molar-refractivity contribution in [1.29, 1.82) is 0 Å². The summed E-state index contributed by atoms with van der Waals surface area (Å²) in [4.78, 5) is 0. The van der Waals surface area contributed by atoms with E-state index in [1.54, 1.807) is 7.11 Å². The Morgan fingerprint density at radius 2 is 1.83 bits per heavy atom. The van der Waals surface area contributed by atoms with E-state index < -0.39 is 0 Å². The fourth-order valence-corrected chi connectivity index (χ4v) is 2.06. The van der Waals surface area contributed by atoms with E-state index in [0.717, 1.165) is 17.8 Å². The standard InChI is InChI=1S/C15H14N2O/c1-18-14-8-6-12(7-9-14)11-17-15-5-3-2-4-13(15)10-16-17/h2-10H,11H2,1H3. The summed E-state index contributed by atoms with van der Waals surface area (Å²) in [6.07, 6.45) is 1.90. The number of benzene rings is 2. The fourth-order valence-electron chi connectivity index (χ4n) is 2.06. The molecule has 1 aromatic heterocycles. The number of rotatable bonds is 3. The van der Waals surface area contributed by atoms with E-state index in [1.165, 1.54) is 10.9 Å². The molecule has 3 heteroatoms. The number of aromatic nitrogens is 2. The second kappa shape index (κ2) is 4.53. The van der Waals surface area contributed by atoms with Crippen LogP contribution < -0.4 is 4.74 Å². The molecule has 0 N–H and O–H groups in total. The van der Waals surface area contributed by atoms with Crippen LogP contribution in [0.5, 0.6) is 5.75 Å². The molecule has 0 aliphatic carbocycles. The minimum absolute atomic E-state index is 0.775. The molecule has 18 heavy (non-hydrogen) atoms. The maximum Gasteiger partial charge on any atom is 0.118 e. The average molecular weight is 238 g/mol. The number of methoxy groups -OCH3 is 1. The normalized spacial score (nSPS) is 10.7. The molecule has 0 spiro atoms. The van der Waals surface area contributed by atoms with Gasteiger partial charge in [0, 0.05) is 5.39 Å². The van der Waals surface area contributed by atoms with Crippen LogP contribution in [0, 0.1) is 0 Å². The van der Waals surface area contributed by atoms with Gasteiger partial charge < -0.3 is 4.74 Å². The number of hydrogen-bond acceptors (Lipinski definition) is 2. The Bertz CT molecular complexity index is 656. The van der Waals surface area contributed by atoms with Crippen molar-refractivity contribution in [2.75, 3.05) is 7.11 Å². The Hall–Kier alpha value is -2.29. The highest BCUT2D eigenvalue weighted by atomic mass is 16.5. The molecule has 0 unspecified atom stereocenters. The Morgan fingerprint density at radius 3 is 2.61 bits per heavy atom. The topological polar surface area (TPSA) is 27.1 Å². The van der Waals surface area contributed by atoms with Crippen molar-refractivity contribution in [1.82, 2.24) is 9.78 Å². The zero-order chi connectivity index (χ0) is 12.4. The predicted octanol–water partition coefficient (Wildman–Crippen LogP) is 3.09. The lowest BCUT2D eigenvalue weighted by Gasteiger charge is -2.05. The van der Waals surface area contributed by atoms with Crippen LogP contribution in [0.1, 0.15) is 5.56 Å². The van der Waals surface area contributed by atoms with Crippen LogP contribution >= 0.6 is 0 Å². The quantitative estimate of drug-likeness (QED) is 0.701. The molecule has 0 bridgehead atoms. The van der Waals surface area contributed by atoms with E-state index in [4.69, 9.17) is 4.74 Å². The molecule has 0 aliphatic rings. The third-order valence-electron chi connectivity index (χ3n) is 3.04. The van der Waals surface area contributed by atoms with Crippen molar-refractivity contribution < 1.29 is 4.74 Å². The van der Waals surface area contributed by atoms with Crippen LogP contribution in [0.3, 0.4) is 0 Å². The molecule has 3 rings (SSSR count). The van der Waals surface area contributed by atoms with E-state index in [-0.39, 0.29) is 0 Å². The number of para-hydroxylation sites is 1. The maximum absolute atomic E-state index is 5.15. The first kappa shape index (κ1) is 10.8. The third kappa shape index (κ3) is 1.95. The Labute approximate surface area is 106 Å². The summed E-state index contributed by atoms with van der Waals surface area (Å²) >= 11 is 0. The van der Waals surface area contributed by atoms with Gasteiger partial charge in [-0.05, 0) is 23.8 Å². The molecular formula is C15H14N2O. The highest BCUT2D eigenvalue weighted by molar-refractivity contribution is 5.78. The van der Waals surface area contributed by atoms with E-state index in [2.05, 4.69) is 29.4 Å². The van der Waals surface area contributed by atoms with Gasteiger partial charge in [-0.2, -0.15) is 5.10 Å². The van der Waals surface area contributed by atoms with Crippen molar-refractivity contribution in [2.45, 2.75) is 6.54 Å². The van der Waals surface area contributed by atoms with Gasteiger partial charge in [0.1, 0.15) is 5.75 Å². The predicted molar refractivity (Wildman–Crippen MR) is 71.8 cm³/mol. The Kier molecular flexibility index (Phi) is 2.73. The van der Waals surface area contributed by atoms with Crippen LogP contribution in [-0.2, 0) is 6.54 Å². The van der Waals surface area contributed by atoms with Crippen molar-refractivity contribution in [3.8, 4) is 5.75 Å². The van der Waals surface area contributed by atoms with Crippen LogP contribution in [0.15, 0.2) is 54.7 Å². The summed E-state index contributed by atoms with van der Waals surface area (Å²) in [5.41, 5.74) is 2.37. The summed E-state index contributed by atoms with van der Waals surface area (Å²) in [5.74, 6) is 0.879. The second-order valence-corrected chi connectivity index (χ2v) is 4.21.